The summed E-state index contributed by atoms with van der Waals surface area (Å²) < 4.78 is 16.6. The van der Waals surface area contributed by atoms with Crippen molar-refractivity contribution in [1.82, 2.24) is 4.90 Å². The fraction of sp³-hybridized carbons (Fsp3) is 0.435. The van der Waals surface area contributed by atoms with E-state index in [9.17, 15) is 4.79 Å². The Labute approximate surface area is 166 Å². The van der Waals surface area contributed by atoms with E-state index in [0.717, 1.165) is 42.7 Å². The summed E-state index contributed by atoms with van der Waals surface area (Å²) in [6.45, 7) is 3.60. The molecule has 2 heterocycles. The van der Waals surface area contributed by atoms with Crippen molar-refractivity contribution in [1.29, 1.82) is 0 Å². The SMILES string of the molecule is C[C@@H](CCc1ccccc1)N(Cc1ccc2c(c1)OCO2)C(=O)[C@H]1CCCO1. The van der Waals surface area contributed by atoms with Gasteiger partial charge in [-0.15, -0.1) is 0 Å². The molecule has 4 rings (SSSR count). The highest BCUT2D eigenvalue weighted by Crippen LogP contribution is 2.33. The Morgan fingerprint density at radius 2 is 1.93 bits per heavy atom. The monoisotopic (exact) mass is 381 g/mol. The summed E-state index contributed by atoms with van der Waals surface area (Å²) in [5.74, 6) is 1.60. The lowest BCUT2D eigenvalue weighted by Gasteiger charge is -2.31. The molecule has 0 aliphatic carbocycles. The highest BCUT2D eigenvalue weighted by molar-refractivity contribution is 5.81. The van der Waals surface area contributed by atoms with Crippen molar-refractivity contribution in [2.75, 3.05) is 13.4 Å². The van der Waals surface area contributed by atoms with Gasteiger partial charge in [0.2, 0.25) is 6.79 Å². The molecule has 1 amide bonds. The van der Waals surface area contributed by atoms with Gasteiger partial charge in [-0.2, -0.15) is 0 Å². The van der Waals surface area contributed by atoms with Crippen LogP contribution in [0.4, 0.5) is 0 Å². The second kappa shape index (κ2) is 8.65. The van der Waals surface area contributed by atoms with Crippen LogP contribution in [0.15, 0.2) is 48.5 Å². The van der Waals surface area contributed by atoms with Crippen molar-refractivity contribution in [2.24, 2.45) is 0 Å². The van der Waals surface area contributed by atoms with E-state index in [1.165, 1.54) is 5.56 Å². The number of aryl methyl sites for hydroxylation is 1. The predicted octanol–water partition coefficient (Wildman–Crippen LogP) is 3.94. The van der Waals surface area contributed by atoms with Crippen LogP contribution in [-0.2, 0) is 22.5 Å². The normalized spacial score (nSPS) is 18.8. The van der Waals surface area contributed by atoms with Gasteiger partial charge in [0.1, 0.15) is 6.10 Å². The Balaban J connectivity index is 1.48. The molecule has 0 radical (unpaired) electrons. The Kier molecular flexibility index (Phi) is 5.81. The maximum absolute atomic E-state index is 13.2. The van der Waals surface area contributed by atoms with Crippen LogP contribution in [0.5, 0.6) is 11.5 Å². The molecular weight excluding hydrogens is 354 g/mol. The van der Waals surface area contributed by atoms with Crippen molar-refractivity contribution in [2.45, 2.75) is 51.3 Å². The molecule has 5 heteroatoms. The summed E-state index contributed by atoms with van der Waals surface area (Å²) in [6, 6.07) is 16.4. The molecule has 0 unspecified atom stereocenters. The van der Waals surface area contributed by atoms with Crippen LogP contribution in [0.25, 0.3) is 0 Å². The zero-order valence-electron chi connectivity index (χ0n) is 16.3. The van der Waals surface area contributed by atoms with E-state index < -0.39 is 0 Å². The minimum Gasteiger partial charge on any atom is -0.454 e. The third-order valence-electron chi connectivity index (χ3n) is 5.50. The maximum Gasteiger partial charge on any atom is 0.252 e. The number of rotatable bonds is 7. The minimum absolute atomic E-state index is 0.0933. The number of carbonyl (C=O) groups excluding carboxylic acids is 1. The number of benzene rings is 2. The van der Waals surface area contributed by atoms with Crippen LogP contribution in [0.2, 0.25) is 0 Å². The average Bonchev–Trinajstić information content (AvgIpc) is 3.42. The first-order valence-electron chi connectivity index (χ1n) is 10.1. The highest BCUT2D eigenvalue weighted by Gasteiger charge is 2.31. The third-order valence-corrected chi connectivity index (χ3v) is 5.50. The van der Waals surface area contributed by atoms with E-state index in [-0.39, 0.29) is 24.8 Å². The standard InChI is InChI=1S/C23H27NO4/c1-17(9-10-18-6-3-2-4-7-18)24(23(25)21-8-5-13-26-21)15-19-11-12-20-22(14-19)28-16-27-20/h2-4,6-7,11-12,14,17,21H,5,8-10,13,15-16H2,1H3/t17-,21+/m0/s1. The third kappa shape index (κ3) is 4.30. The zero-order chi connectivity index (χ0) is 19.3. The van der Waals surface area contributed by atoms with Crippen molar-refractivity contribution in [3.8, 4) is 11.5 Å². The van der Waals surface area contributed by atoms with E-state index in [0.29, 0.717) is 13.2 Å². The van der Waals surface area contributed by atoms with Crippen molar-refractivity contribution >= 4 is 5.91 Å². The van der Waals surface area contributed by atoms with Gasteiger partial charge in [0, 0.05) is 19.2 Å². The summed E-state index contributed by atoms with van der Waals surface area (Å²) >= 11 is 0. The molecule has 0 saturated carbocycles. The van der Waals surface area contributed by atoms with Crippen molar-refractivity contribution in [3.05, 3.63) is 59.7 Å². The van der Waals surface area contributed by atoms with Gasteiger partial charge in [-0.3, -0.25) is 4.79 Å². The fourth-order valence-corrected chi connectivity index (χ4v) is 3.82. The van der Waals surface area contributed by atoms with Crippen LogP contribution < -0.4 is 9.47 Å². The summed E-state index contributed by atoms with van der Waals surface area (Å²) in [5, 5.41) is 0. The molecule has 2 aromatic rings. The van der Waals surface area contributed by atoms with Crippen LogP contribution in [0, 0.1) is 0 Å². The summed E-state index contributed by atoms with van der Waals surface area (Å²) in [7, 11) is 0. The van der Waals surface area contributed by atoms with E-state index >= 15 is 0 Å². The molecule has 0 N–H and O–H groups in total. The van der Waals surface area contributed by atoms with Gasteiger partial charge < -0.3 is 19.1 Å². The van der Waals surface area contributed by atoms with Gasteiger partial charge in [0.15, 0.2) is 11.5 Å². The number of ether oxygens (including phenoxy) is 3. The maximum atomic E-state index is 13.2. The topological polar surface area (TPSA) is 48.0 Å². The van der Waals surface area contributed by atoms with Crippen molar-refractivity contribution in [3.63, 3.8) is 0 Å². The lowest BCUT2D eigenvalue weighted by molar-refractivity contribution is -0.143. The molecule has 0 bridgehead atoms. The number of fused-ring (bicyclic) bond motifs is 1. The van der Waals surface area contributed by atoms with E-state index in [1.807, 2.05) is 29.2 Å². The van der Waals surface area contributed by atoms with Gasteiger partial charge in [-0.1, -0.05) is 36.4 Å². The quantitative estimate of drug-likeness (QED) is 0.729. The first kappa shape index (κ1) is 18.8. The molecule has 1 fully saturated rings. The lowest BCUT2D eigenvalue weighted by atomic mass is 10.0. The Morgan fingerprint density at radius 3 is 2.71 bits per heavy atom. The highest BCUT2D eigenvalue weighted by atomic mass is 16.7. The summed E-state index contributed by atoms with van der Waals surface area (Å²) in [4.78, 5) is 15.2. The van der Waals surface area contributed by atoms with Gasteiger partial charge >= 0.3 is 0 Å². The lowest BCUT2D eigenvalue weighted by Crippen LogP contribution is -2.44. The first-order valence-corrected chi connectivity index (χ1v) is 10.1. The second-order valence-electron chi connectivity index (χ2n) is 7.53. The van der Waals surface area contributed by atoms with Gasteiger partial charge in [0.05, 0.1) is 0 Å². The molecule has 1 saturated heterocycles. The molecule has 0 spiro atoms. The fourth-order valence-electron chi connectivity index (χ4n) is 3.82. The summed E-state index contributed by atoms with van der Waals surface area (Å²) in [5.41, 5.74) is 2.34. The predicted molar refractivity (Wildman–Crippen MR) is 106 cm³/mol. The van der Waals surface area contributed by atoms with E-state index in [4.69, 9.17) is 14.2 Å². The molecule has 2 aliphatic rings. The number of hydrogen-bond acceptors (Lipinski definition) is 4. The molecular formula is C23H27NO4. The molecule has 148 valence electrons. The van der Waals surface area contributed by atoms with Crippen LogP contribution in [0.1, 0.15) is 37.3 Å². The molecule has 2 aromatic carbocycles. The Hall–Kier alpha value is -2.53. The molecule has 2 atom stereocenters. The molecule has 28 heavy (non-hydrogen) atoms. The Morgan fingerprint density at radius 1 is 1.11 bits per heavy atom. The zero-order valence-corrected chi connectivity index (χ0v) is 16.3. The smallest absolute Gasteiger partial charge is 0.252 e. The van der Waals surface area contributed by atoms with E-state index in [2.05, 4.69) is 31.2 Å². The van der Waals surface area contributed by atoms with Crippen LogP contribution in [-0.4, -0.2) is 36.4 Å². The first-order chi connectivity index (χ1) is 13.7. The van der Waals surface area contributed by atoms with Gasteiger partial charge in [-0.25, -0.2) is 0 Å². The minimum atomic E-state index is -0.312. The Bertz CT molecular complexity index is 802. The number of carbonyl (C=O) groups is 1. The molecule has 2 aliphatic heterocycles. The molecule has 5 nitrogen and oxygen atoms in total. The molecule has 0 aromatic heterocycles. The van der Waals surface area contributed by atoms with Gasteiger partial charge in [0.25, 0.3) is 5.91 Å². The average molecular weight is 381 g/mol. The van der Waals surface area contributed by atoms with E-state index in [1.54, 1.807) is 0 Å². The number of hydrogen-bond donors (Lipinski definition) is 0. The van der Waals surface area contributed by atoms with Crippen molar-refractivity contribution < 1.29 is 19.0 Å². The van der Waals surface area contributed by atoms with Crippen LogP contribution in [0.3, 0.4) is 0 Å². The largest absolute Gasteiger partial charge is 0.454 e. The van der Waals surface area contributed by atoms with Gasteiger partial charge in [-0.05, 0) is 55.9 Å². The number of amides is 1. The van der Waals surface area contributed by atoms with Crippen LogP contribution >= 0.6 is 0 Å². The summed E-state index contributed by atoms with van der Waals surface area (Å²) in [6.07, 6.45) is 3.30. The second-order valence-corrected chi connectivity index (χ2v) is 7.53. The number of nitrogens with zero attached hydrogens (tertiary/aromatic N) is 1.